The maximum Gasteiger partial charge on any atom is 0.435 e. The van der Waals surface area contributed by atoms with E-state index in [2.05, 4.69) is 9.73 Å². The van der Waals surface area contributed by atoms with Crippen molar-refractivity contribution in [3.8, 4) is 5.75 Å². The molecule has 0 aliphatic rings. The zero-order valence-electron chi connectivity index (χ0n) is 13.5. The van der Waals surface area contributed by atoms with Crippen molar-refractivity contribution in [2.75, 3.05) is 14.2 Å². The van der Waals surface area contributed by atoms with Gasteiger partial charge in [-0.05, 0) is 24.3 Å². The van der Waals surface area contributed by atoms with Gasteiger partial charge < -0.3 is 9.47 Å². The molecular formula is C14H14FN3O6S. The molecule has 0 unspecified atom stereocenters. The molecule has 0 saturated heterocycles. The van der Waals surface area contributed by atoms with Crippen LogP contribution in [0.5, 0.6) is 5.75 Å². The van der Waals surface area contributed by atoms with Crippen molar-refractivity contribution in [1.82, 2.24) is 8.54 Å². The number of methoxy groups -OCH3 is 2. The molecule has 0 bridgehead atoms. The van der Waals surface area contributed by atoms with E-state index < -0.39 is 33.1 Å². The highest BCUT2D eigenvalue weighted by atomic mass is 32.2. The Balaban J connectivity index is 2.69. The van der Waals surface area contributed by atoms with Gasteiger partial charge in [-0.1, -0.05) is 0 Å². The van der Waals surface area contributed by atoms with Gasteiger partial charge >= 0.3 is 11.8 Å². The van der Waals surface area contributed by atoms with E-state index in [1.165, 1.54) is 31.4 Å². The van der Waals surface area contributed by atoms with Crippen LogP contribution < -0.4 is 15.9 Å². The Bertz CT molecular complexity index is 1040. The van der Waals surface area contributed by atoms with Crippen molar-refractivity contribution in [3.05, 3.63) is 52.3 Å². The number of hydrogen-bond donors (Lipinski definition) is 0. The topological polar surface area (TPSA) is 109 Å². The predicted molar refractivity (Wildman–Crippen MR) is 83.2 cm³/mol. The zero-order chi connectivity index (χ0) is 18.8. The fraction of sp³-hybridized carbons (Fsp3) is 0.214. The van der Waals surface area contributed by atoms with Crippen LogP contribution in [0.25, 0.3) is 0 Å². The van der Waals surface area contributed by atoms with Crippen molar-refractivity contribution >= 4 is 16.1 Å². The summed E-state index contributed by atoms with van der Waals surface area (Å²) in [5.41, 5.74) is -1.77. The Hall–Kier alpha value is -2.95. The summed E-state index contributed by atoms with van der Waals surface area (Å²) >= 11 is 0. The fourth-order valence-electron chi connectivity index (χ4n) is 1.91. The van der Waals surface area contributed by atoms with Crippen LogP contribution in [0.3, 0.4) is 0 Å². The third kappa shape index (κ3) is 3.45. The van der Waals surface area contributed by atoms with Crippen LogP contribution in [0.2, 0.25) is 0 Å². The van der Waals surface area contributed by atoms with E-state index in [1.807, 2.05) is 0 Å². The van der Waals surface area contributed by atoms with E-state index >= 15 is 0 Å². The highest BCUT2D eigenvalue weighted by molar-refractivity contribution is 7.90. The first kappa shape index (κ1) is 18.4. The summed E-state index contributed by atoms with van der Waals surface area (Å²) < 4.78 is 49.3. The van der Waals surface area contributed by atoms with Crippen LogP contribution in [0.1, 0.15) is 0 Å². The Kier molecular flexibility index (Phi) is 5.07. The minimum atomic E-state index is -4.36. The summed E-state index contributed by atoms with van der Waals surface area (Å²) in [5.74, 6) is -0.778. The standard InChI is InChI=1S/C14H14FN3O6S/c1-17-12(16-13(19)24-3)11(15)8-18(14(17)20)25(21,22)10-6-4-9(23-2)5-7-10/h4-8H,1-3H3/b16-12+. The quantitative estimate of drug-likeness (QED) is 0.765. The molecular weight excluding hydrogens is 357 g/mol. The lowest BCUT2D eigenvalue weighted by atomic mass is 10.3. The number of benzene rings is 1. The number of rotatable bonds is 3. The van der Waals surface area contributed by atoms with Crippen LogP contribution in [-0.2, 0) is 21.8 Å². The van der Waals surface area contributed by atoms with Crippen molar-refractivity contribution in [3.63, 3.8) is 0 Å². The monoisotopic (exact) mass is 371 g/mol. The van der Waals surface area contributed by atoms with Crippen molar-refractivity contribution in [2.24, 2.45) is 12.0 Å². The Labute approximate surface area is 141 Å². The third-order valence-electron chi connectivity index (χ3n) is 3.23. The van der Waals surface area contributed by atoms with Crippen LogP contribution >= 0.6 is 0 Å². The summed E-state index contributed by atoms with van der Waals surface area (Å²) in [6.45, 7) is 0. The number of aromatic nitrogens is 2. The number of carbonyl (C=O) groups excluding carboxylic acids is 1. The molecule has 0 aliphatic heterocycles. The smallest absolute Gasteiger partial charge is 0.435 e. The molecule has 0 saturated carbocycles. The summed E-state index contributed by atoms with van der Waals surface area (Å²) in [6.07, 6.45) is -0.686. The van der Waals surface area contributed by atoms with Crippen molar-refractivity contribution < 1.29 is 27.1 Å². The minimum absolute atomic E-state index is 0.223. The molecule has 1 aromatic carbocycles. The molecule has 2 aromatic rings. The second-order valence-electron chi connectivity index (χ2n) is 4.70. The molecule has 0 spiro atoms. The first-order valence-electron chi connectivity index (χ1n) is 6.73. The average Bonchev–Trinajstić information content (AvgIpc) is 2.61. The van der Waals surface area contributed by atoms with Gasteiger partial charge in [0.2, 0.25) is 0 Å². The zero-order valence-corrected chi connectivity index (χ0v) is 14.3. The summed E-state index contributed by atoms with van der Waals surface area (Å²) in [5, 5.41) is 0. The van der Waals surface area contributed by atoms with Crippen LogP contribution in [0.4, 0.5) is 9.18 Å². The SMILES string of the molecule is COC(=O)/N=c1\c(F)cn(S(=O)(=O)c2ccc(OC)cc2)c(=O)n1C. The first-order chi connectivity index (χ1) is 11.7. The van der Waals surface area contributed by atoms with E-state index in [1.54, 1.807) is 0 Å². The molecule has 0 N–H and O–H groups in total. The van der Waals surface area contributed by atoms with Gasteiger partial charge in [0.15, 0.2) is 11.3 Å². The van der Waals surface area contributed by atoms with E-state index in [-0.39, 0.29) is 8.87 Å². The first-order valence-corrected chi connectivity index (χ1v) is 8.17. The van der Waals surface area contributed by atoms with E-state index in [0.717, 1.165) is 14.2 Å². The largest absolute Gasteiger partial charge is 0.497 e. The van der Waals surface area contributed by atoms with E-state index in [9.17, 15) is 22.4 Å². The Morgan fingerprint density at radius 1 is 1.20 bits per heavy atom. The molecule has 1 amide bonds. The summed E-state index contributed by atoms with van der Waals surface area (Å²) in [6, 6.07) is 5.20. The molecule has 0 radical (unpaired) electrons. The molecule has 0 aliphatic carbocycles. The summed E-state index contributed by atoms with van der Waals surface area (Å²) in [7, 11) is -0.847. The third-order valence-corrected chi connectivity index (χ3v) is 4.87. The molecule has 134 valence electrons. The molecule has 1 aromatic heterocycles. The molecule has 0 atom stereocenters. The van der Waals surface area contributed by atoms with Crippen LogP contribution in [0, 0.1) is 5.82 Å². The molecule has 2 rings (SSSR count). The lowest BCUT2D eigenvalue weighted by molar-refractivity contribution is 0.181. The number of ether oxygens (including phenoxy) is 2. The van der Waals surface area contributed by atoms with Crippen molar-refractivity contribution in [2.45, 2.75) is 4.90 Å². The number of carbonyl (C=O) groups is 1. The maximum absolute atomic E-state index is 14.2. The molecule has 9 nitrogen and oxygen atoms in total. The fourth-order valence-corrected chi connectivity index (χ4v) is 3.18. The Morgan fingerprint density at radius 2 is 1.80 bits per heavy atom. The number of hydrogen-bond acceptors (Lipinski definition) is 6. The second-order valence-corrected chi connectivity index (χ2v) is 6.52. The molecule has 1 heterocycles. The molecule has 25 heavy (non-hydrogen) atoms. The van der Waals surface area contributed by atoms with Crippen LogP contribution in [0.15, 0.2) is 45.1 Å². The number of halogens is 1. The second kappa shape index (κ2) is 6.89. The van der Waals surface area contributed by atoms with Crippen molar-refractivity contribution in [1.29, 1.82) is 0 Å². The van der Waals surface area contributed by atoms with Gasteiger partial charge in [0.1, 0.15) is 5.75 Å². The van der Waals surface area contributed by atoms with E-state index in [4.69, 9.17) is 4.74 Å². The normalized spacial score (nSPS) is 12.1. The van der Waals surface area contributed by atoms with Gasteiger partial charge in [-0.3, -0.25) is 4.57 Å². The van der Waals surface area contributed by atoms with Gasteiger partial charge in [0, 0.05) is 7.05 Å². The minimum Gasteiger partial charge on any atom is -0.497 e. The lowest BCUT2D eigenvalue weighted by Crippen LogP contribution is -2.42. The molecule has 11 heteroatoms. The highest BCUT2D eigenvalue weighted by Gasteiger charge is 2.21. The summed E-state index contributed by atoms with van der Waals surface area (Å²) in [4.78, 5) is 26.5. The Morgan fingerprint density at radius 3 is 2.32 bits per heavy atom. The van der Waals surface area contributed by atoms with E-state index in [0.29, 0.717) is 16.5 Å². The average molecular weight is 371 g/mol. The van der Waals surface area contributed by atoms with Crippen LogP contribution in [-0.4, -0.2) is 37.3 Å². The maximum atomic E-state index is 14.2. The van der Waals surface area contributed by atoms with Gasteiger partial charge in [-0.25, -0.2) is 22.4 Å². The van der Waals surface area contributed by atoms with Gasteiger partial charge in [0.05, 0.1) is 25.3 Å². The number of amides is 1. The van der Waals surface area contributed by atoms with Gasteiger partial charge in [-0.2, -0.15) is 8.96 Å². The molecule has 0 fully saturated rings. The predicted octanol–water partition coefficient (Wildman–Crippen LogP) is 0.239. The van der Waals surface area contributed by atoms with Gasteiger partial charge in [0.25, 0.3) is 10.0 Å². The highest BCUT2D eigenvalue weighted by Crippen LogP contribution is 2.17. The number of nitrogens with zero attached hydrogens (tertiary/aromatic N) is 3. The van der Waals surface area contributed by atoms with Gasteiger partial charge in [-0.15, -0.1) is 0 Å². The lowest BCUT2D eigenvalue weighted by Gasteiger charge is -2.10.